The molecule has 0 aromatic heterocycles. The molecule has 0 spiro atoms. The molecule has 1 heterocycles. The lowest BCUT2D eigenvalue weighted by molar-refractivity contribution is -0.154. The molecule has 0 bridgehead atoms. The number of imide groups is 1. The first-order valence-corrected chi connectivity index (χ1v) is 12.5. The van der Waals surface area contributed by atoms with E-state index in [1.807, 2.05) is 0 Å². The first kappa shape index (κ1) is 32.0. The Morgan fingerprint density at radius 3 is 2.15 bits per heavy atom. The fourth-order valence-electron chi connectivity index (χ4n) is 3.54. The molecule has 14 heteroatoms. The van der Waals surface area contributed by atoms with Crippen LogP contribution in [-0.2, 0) is 35.1 Å². The van der Waals surface area contributed by atoms with Gasteiger partial charge in [0.25, 0.3) is 11.8 Å². The lowest BCUT2D eigenvalue weighted by Crippen LogP contribution is -2.59. The molecule has 1 aliphatic heterocycles. The third kappa shape index (κ3) is 10.5. The Labute approximate surface area is 231 Å². The summed E-state index contributed by atoms with van der Waals surface area (Å²) in [6, 6.07) is 3.79. The average molecular weight is 565 g/mol. The van der Waals surface area contributed by atoms with Crippen molar-refractivity contribution in [2.45, 2.75) is 84.1 Å². The SMILES string of the molecule is CC(C)(C)OC(=O)N[C@@H](Cc1ccc(OC(=O)OC(C)(C)C)cc1)C(=O)N[C@H]1CCC(=O)N(CC(=O)NO)C1=O. The van der Waals surface area contributed by atoms with Crippen LogP contribution in [0.5, 0.6) is 5.75 Å². The largest absolute Gasteiger partial charge is 0.514 e. The predicted molar refractivity (Wildman–Crippen MR) is 138 cm³/mol. The van der Waals surface area contributed by atoms with Crippen molar-refractivity contribution in [3.05, 3.63) is 29.8 Å². The summed E-state index contributed by atoms with van der Waals surface area (Å²) < 4.78 is 15.5. The van der Waals surface area contributed by atoms with Crippen molar-refractivity contribution in [3.63, 3.8) is 0 Å². The highest BCUT2D eigenvalue weighted by Gasteiger charge is 2.37. The van der Waals surface area contributed by atoms with Gasteiger partial charge < -0.3 is 24.8 Å². The van der Waals surface area contributed by atoms with E-state index < -0.39 is 65.7 Å². The molecule has 1 saturated heterocycles. The number of hydrogen-bond acceptors (Lipinski definition) is 10. The van der Waals surface area contributed by atoms with Crippen LogP contribution in [0.1, 0.15) is 59.9 Å². The van der Waals surface area contributed by atoms with Gasteiger partial charge in [-0.05, 0) is 65.7 Å². The van der Waals surface area contributed by atoms with Crippen LogP contribution in [0.3, 0.4) is 0 Å². The molecule has 0 radical (unpaired) electrons. The third-order valence-corrected chi connectivity index (χ3v) is 5.22. The number of hydroxylamine groups is 1. The van der Waals surface area contributed by atoms with Gasteiger partial charge in [-0.3, -0.25) is 29.3 Å². The minimum Gasteiger partial charge on any atom is -0.444 e. The summed E-state index contributed by atoms with van der Waals surface area (Å²) in [7, 11) is 0. The van der Waals surface area contributed by atoms with Crippen LogP contribution in [0.4, 0.5) is 9.59 Å². The number of piperidine rings is 1. The number of ether oxygens (including phenoxy) is 3. The van der Waals surface area contributed by atoms with Crippen molar-refractivity contribution in [2.75, 3.05) is 6.54 Å². The summed E-state index contributed by atoms with van der Waals surface area (Å²) in [5.41, 5.74) is 0.335. The van der Waals surface area contributed by atoms with Gasteiger partial charge in [0.2, 0.25) is 11.8 Å². The summed E-state index contributed by atoms with van der Waals surface area (Å²) in [6.45, 7) is 9.34. The van der Waals surface area contributed by atoms with Gasteiger partial charge in [-0.1, -0.05) is 12.1 Å². The van der Waals surface area contributed by atoms with Crippen LogP contribution in [0.15, 0.2) is 24.3 Å². The van der Waals surface area contributed by atoms with Crippen LogP contribution >= 0.6 is 0 Å². The van der Waals surface area contributed by atoms with E-state index in [-0.39, 0.29) is 25.0 Å². The number of alkyl carbamates (subject to hydrolysis) is 1. The Balaban J connectivity index is 2.17. The van der Waals surface area contributed by atoms with Gasteiger partial charge >= 0.3 is 12.2 Å². The quantitative estimate of drug-likeness (QED) is 0.119. The van der Waals surface area contributed by atoms with Crippen molar-refractivity contribution in [3.8, 4) is 5.75 Å². The fourth-order valence-corrected chi connectivity index (χ4v) is 3.54. The highest BCUT2D eigenvalue weighted by molar-refractivity contribution is 6.04. The van der Waals surface area contributed by atoms with E-state index in [1.54, 1.807) is 53.7 Å². The van der Waals surface area contributed by atoms with Crippen molar-refractivity contribution in [2.24, 2.45) is 0 Å². The Bertz CT molecular complexity index is 1120. The first-order chi connectivity index (χ1) is 18.5. The van der Waals surface area contributed by atoms with Gasteiger partial charge in [0.15, 0.2) is 0 Å². The molecule has 5 amide bonds. The lowest BCUT2D eigenvalue weighted by Gasteiger charge is -2.31. The molecule has 1 aliphatic rings. The van der Waals surface area contributed by atoms with Crippen LogP contribution in [0, 0.1) is 0 Å². The number of carbonyl (C=O) groups is 6. The molecule has 0 saturated carbocycles. The molecule has 0 unspecified atom stereocenters. The second kappa shape index (κ2) is 13.2. The summed E-state index contributed by atoms with van der Waals surface area (Å²) in [5.74, 6) is -2.97. The lowest BCUT2D eigenvalue weighted by atomic mass is 10.0. The van der Waals surface area contributed by atoms with Gasteiger partial charge in [0.1, 0.15) is 35.6 Å². The van der Waals surface area contributed by atoms with Crippen molar-refractivity contribution < 1.29 is 48.2 Å². The Morgan fingerprint density at radius 2 is 1.60 bits per heavy atom. The number of hydrogen-bond donors (Lipinski definition) is 4. The second-order valence-electron chi connectivity index (χ2n) is 11.1. The number of nitrogens with zero attached hydrogens (tertiary/aromatic N) is 1. The molecule has 2 atom stereocenters. The normalized spacial score (nSPS) is 16.5. The van der Waals surface area contributed by atoms with Crippen LogP contribution in [0.2, 0.25) is 0 Å². The topological polar surface area (TPSA) is 190 Å². The number of likely N-dealkylation sites (tertiary alicyclic amines) is 1. The Kier molecular flexibility index (Phi) is 10.6. The summed E-state index contributed by atoms with van der Waals surface area (Å²) in [4.78, 5) is 74.7. The fraction of sp³-hybridized carbons (Fsp3) is 0.538. The maximum atomic E-state index is 13.2. The maximum Gasteiger partial charge on any atom is 0.514 e. The summed E-state index contributed by atoms with van der Waals surface area (Å²) in [5, 5.41) is 13.7. The van der Waals surface area contributed by atoms with Crippen LogP contribution in [-0.4, -0.2) is 75.8 Å². The molecule has 14 nitrogen and oxygen atoms in total. The van der Waals surface area contributed by atoms with E-state index in [2.05, 4.69) is 10.6 Å². The Hall–Kier alpha value is -4.20. The van der Waals surface area contributed by atoms with Gasteiger partial charge in [0.05, 0.1) is 0 Å². The summed E-state index contributed by atoms with van der Waals surface area (Å²) in [6.07, 6.45) is -1.93. The Morgan fingerprint density at radius 1 is 1.00 bits per heavy atom. The first-order valence-electron chi connectivity index (χ1n) is 12.5. The van der Waals surface area contributed by atoms with E-state index >= 15 is 0 Å². The number of carbonyl (C=O) groups excluding carboxylic acids is 6. The predicted octanol–water partition coefficient (Wildman–Crippen LogP) is 1.58. The number of amides is 5. The van der Waals surface area contributed by atoms with E-state index in [0.717, 1.165) is 0 Å². The molecule has 1 fully saturated rings. The van der Waals surface area contributed by atoms with E-state index in [4.69, 9.17) is 19.4 Å². The van der Waals surface area contributed by atoms with Crippen molar-refractivity contribution >= 4 is 35.9 Å². The molecule has 40 heavy (non-hydrogen) atoms. The molecular formula is C26H36N4O10. The highest BCUT2D eigenvalue weighted by Crippen LogP contribution is 2.18. The molecule has 220 valence electrons. The molecule has 2 rings (SSSR count). The number of nitrogens with one attached hydrogen (secondary N) is 3. The highest BCUT2D eigenvalue weighted by atomic mass is 16.7. The monoisotopic (exact) mass is 564 g/mol. The van der Waals surface area contributed by atoms with Crippen LogP contribution in [0.25, 0.3) is 0 Å². The average Bonchev–Trinajstić information content (AvgIpc) is 2.81. The molecule has 1 aromatic rings. The second-order valence-corrected chi connectivity index (χ2v) is 11.1. The van der Waals surface area contributed by atoms with E-state index in [9.17, 15) is 28.8 Å². The number of rotatable bonds is 8. The van der Waals surface area contributed by atoms with Gasteiger partial charge in [-0.2, -0.15) is 0 Å². The van der Waals surface area contributed by atoms with Gasteiger partial charge in [-0.15, -0.1) is 0 Å². The maximum absolute atomic E-state index is 13.2. The molecule has 4 N–H and O–H groups in total. The minimum atomic E-state index is -1.20. The minimum absolute atomic E-state index is 0.0174. The molecule has 0 aliphatic carbocycles. The van der Waals surface area contributed by atoms with Gasteiger partial charge in [0, 0.05) is 12.8 Å². The number of benzene rings is 1. The molecular weight excluding hydrogens is 528 g/mol. The van der Waals surface area contributed by atoms with E-state index in [0.29, 0.717) is 10.5 Å². The standard InChI is InChI=1S/C26H36N4O10/c1-25(2,3)39-23(35)28-18(13-15-7-9-16(10-8-15)38-24(36)40-26(4,5)6)21(33)27-17-11-12-20(32)30(22(17)34)14-19(31)29-37/h7-10,17-18,37H,11-14H2,1-6H3,(H,27,33)(H,28,35)(H,29,31)/t17-,18-/m0/s1. The zero-order valence-electron chi connectivity index (χ0n) is 23.4. The van der Waals surface area contributed by atoms with Crippen molar-refractivity contribution in [1.29, 1.82) is 0 Å². The van der Waals surface area contributed by atoms with Crippen molar-refractivity contribution in [1.82, 2.24) is 21.0 Å². The molecule has 1 aromatic carbocycles. The van der Waals surface area contributed by atoms with Gasteiger partial charge in [-0.25, -0.2) is 15.1 Å². The zero-order valence-corrected chi connectivity index (χ0v) is 23.4. The van der Waals surface area contributed by atoms with E-state index in [1.165, 1.54) is 17.6 Å². The zero-order chi connectivity index (χ0) is 30.3. The third-order valence-electron chi connectivity index (χ3n) is 5.22. The smallest absolute Gasteiger partial charge is 0.444 e. The summed E-state index contributed by atoms with van der Waals surface area (Å²) >= 11 is 0. The van der Waals surface area contributed by atoms with Crippen LogP contribution < -0.4 is 20.9 Å².